The number of aryl methyl sites for hydroxylation is 1. The number of benzene rings is 3. The summed E-state index contributed by atoms with van der Waals surface area (Å²) in [4.78, 5) is 55.5. The molecule has 3 aliphatic carbocycles. The van der Waals surface area contributed by atoms with Crippen LogP contribution in [-0.4, -0.2) is 41.2 Å². The maximum Gasteiger partial charge on any atom is 0.329 e. The third-order valence-corrected chi connectivity index (χ3v) is 9.57. The van der Waals surface area contributed by atoms with Gasteiger partial charge >= 0.3 is 5.97 Å². The summed E-state index contributed by atoms with van der Waals surface area (Å²) >= 11 is 3.43. The number of hydrogen-bond acceptors (Lipinski definition) is 5. The second-order valence-corrected chi connectivity index (χ2v) is 11.9. The second-order valence-electron chi connectivity index (χ2n) is 11.1. The number of rotatable bonds is 8. The molecule has 41 heavy (non-hydrogen) atoms. The minimum atomic E-state index is -1.08. The van der Waals surface area contributed by atoms with Crippen molar-refractivity contribution in [3.05, 3.63) is 99.0 Å². The van der Waals surface area contributed by atoms with Gasteiger partial charge in [0.05, 0.1) is 11.8 Å². The molecule has 2 bridgehead atoms. The fraction of sp³-hybridized carbons (Fsp3) is 0.333. The van der Waals surface area contributed by atoms with E-state index in [1.807, 2.05) is 74.5 Å². The smallest absolute Gasteiger partial charge is 0.329 e. The van der Waals surface area contributed by atoms with E-state index in [1.54, 1.807) is 6.07 Å². The van der Waals surface area contributed by atoms with E-state index in [0.29, 0.717) is 12.1 Å². The average molecular weight is 616 g/mol. The maximum atomic E-state index is 14.1. The van der Waals surface area contributed by atoms with Gasteiger partial charge in [-0.05, 0) is 59.4 Å². The van der Waals surface area contributed by atoms with Crippen molar-refractivity contribution < 1.29 is 23.9 Å². The minimum absolute atomic E-state index is 0.248. The molecule has 1 fully saturated rings. The molecule has 0 unspecified atom stereocenters. The third kappa shape index (κ3) is 4.58. The van der Waals surface area contributed by atoms with Crippen LogP contribution in [0.5, 0.6) is 0 Å². The number of carbonyl (C=O) groups excluding carboxylic acids is 4. The van der Waals surface area contributed by atoms with Gasteiger partial charge < -0.3 is 10.1 Å². The van der Waals surface area contributed by atoms with Crippen LogP contribution in [-0.2, 0) is 23.9 Å². The Morgan fingerprint density at radius 2 is 1.44 bits per heavy atom. The number of likely N-dealkylation sites (tertiary alicyclic amines) is 1. The van der Waals surface area contributed by atoms with Gasteiger partial charge in [0.15, 0.2) is 6.61 Å². The highest BCUT2D eigenvalue weighted by Crippen LogP contribution is 2.61. The number of nitrogens with one attached hydrogen (secondary N) is 1. The monoisotopic (exact) mass is 614 g/mol. The zero-order valence-corrected chi connectivity index (χ0v) is 24.5. The molecule has 1 heterocycles. The van der Waals surface area contributed by atoms with Crippen molar-refractivity contribution in [2.45, 2.75) is 51.0 Å². The number of halogens is 1. The van der Waals surface area contributed by atoms with Crippen molar-refractivity contribution in [2.24, 2.45) is 11.8 Å². The number of hydrogen-bond donors (Lipinski definition) is 1. The fourth-order valence-electron chi connectivity index (χ4n) is 6.91. The molecule has 7 nitrogen and oxygen atoms in total. The zero-order valence-electron chi connectivity index (χ0n) is 22.9. The second kappa shape index (κ2) is 10.9. The van der Waals surface area contributed by atoms with Crippen LogP contribution in [0.3, 0.4) is 0 Å². The maximum absolute atomic E-state index is 14.1. The van der Waals surface area contributed by atoms with Crippen LogP contribution in [0.15, 0.2) is 71.2 Å². The van der Waals surface area contributed by atoms with Crippen LogP contribution in [0.25, 0.3) is 0 Å². The molecule has 3 aromatic rings. The summed E-state index contributed by atoms with van der Waals surface area (Å²) in [6.45, 7) is 3.38. The van der Waals surface area contributed by atoms with Crippen LogP contribution in [0.4, 0.5) is 5.69 Å². The Balaban J connectivity index is 1.25. The normalized spacial score (nSPS) is 22.6. The summed E-state index contributed by atoms with van der Waals surface area (Å²) in [6, 6.07) is 20.4. The Morgan fingerprint density at radius 3 is 1.93 bits per heavy atom. The summed E-state index contributed by atoms with van der Waals surface area (Å²) in [5.41, 5.74) is 5.84. The lowest BCUT2D eigenvalue weighted by atomic mass is 9.55. The van der Waals surface area contributed by atoms with Gasteiger partial charge in [-0.25, -0.2) is 4.79 Å². The summed E-state index contributed by atoms with van der Waals surface area (Å²) < 4.78 is 6.36. The molecule has 0 saturated carbocycles. The number of ether oxygens (including phenoxy) is 1. The first-order valence-corrected chi connectivity index (χ1v) is 14.9. The molecule has 4 aliphatic rings. The highest BCUT2D eigenvalue weighted by atomic mass is 79.9. The summed E-state index contributed by atoms with van der Waals surface area (Å²) in [7, 11) is 0. The van der Waals surface area contributed by atoms with E-state index in [1.165, 1.54) is 4.90 Å². The van der Waals surface area contributed by atoms with Crippen LogP contribution in [0.2, 0.25) is 0 Å². The Bertz CT molecular complexity index is 1450. The summed E-state index contributed by atoms with van der Waals surface area (Å²) in [5.74, 6) is -3.52. The Labute approximate surface area is 247 Å². The van der Waals surface area contributed by atoms with Crippen molar-refractivity contribution >= 4 is 45.3 Å². The van der Waals surface area contributed by atoms with E-state index in [4.69, 9.17) is 4.74 Å². The van der Waals surface area contributed by atoms with Gasteiger partial charge in [0, 0.05) is 22.0 Å². The number of anilines is 1. The van der Waals surface area contributed by atoms with Crippen LogP contribution in [0.1, 0.15) is 65.8 Å². The highest BCUT2D eigenvalue weighted by Gasteiger charge is 2.63. The summed E-state index contributed by atoms with van der Waals surface area (Å²) in [5, 5.41) is 2.73. The van der Waals surface area contributed by atoms with E-state index < -0.39 is 36.4 Å². The minimum Gasteiger partial charge on any atom is -0.454 e. The number of esters is 1. The van der Waals surface area contributed by atoms with Crippen LogP contribution < -0.4 is 5.32 Å². The van der Waals surface area contributed by atoms with E-state index in [-0.39, 0.29) is 30.1 Å². The molecule has 3 amide bonds. The number of amides is 3. The zero-order chi connectivity index (χ0) is 28.8. The largest absolute Gasteiger partial charge is 0.454 e. The Morgan fingerprint density at radius 1 is 0.902 bits per heavy atom. The molecule has 1 aliphatic heterocycles. The predicted octanol–water partition coefficient (Wildman–Crippen LogP) is 5.69. The topological polar surface area (TPSA) is 92.8 Å². The molecule has 8 heteroatoms. The van der Waals surface area contributed by atoms with Crippen molar-refractivity contribution in [3.8, 4) is 0 Å². The summed E-state index contributed by atoms with van der Waals surface area (Å²) in [6.07, 6.45) is 1.69. The van der Waals surface area contributed by atoms with E-state index in [0.717, 1.165) is 38.7 Å². The number of carbonyl (C=O) groups is 4. The van der Waals surface area contributed by atoms with Gasteiger partial charge in [-0.3, -0.25) is 19.3 Å². The number of imide groups is 1. The number of nitrogens with zero attached hydrogens (tertiary/aromatic N) is 1. The average Bonchev–Trinajstić information content (AvgIpc) is 3.24. The molecule has 3 aromatic carbocycles. The molecular weight excluding hydrogens is 584 g/mol. The van der Waals surface area contributed by atoms with Gasteiger partial charge in [-0.1, -0.05) is 84.2 Å². The van der Waals surface area contributed by atoms with Gasteiger partial charge in [-0.15, -0.1) is 0 Å². The van der Waals surface area contributed by atoms with Crippen molar-refractivity contribution in [2.75, 3.05) is 11.9 Å². The van der Waals surface area contributed by atoms with Gasteiger partial charge in [-0.2, -0.15) is 0 Å². The molecular formula is C33H31BrN2O5. The highest BCUT2D eigenvalue weighted by molar-refractivity contribution is 9.10. The lowest BCUT2D eigenvalue weighted by Gasteiger charge is -2.45. The fourth-order valence-corrected chi connectivity index (χ4v) is 7.16. The molecule has 0 spiro atoms. The van der Waals surface area contributed by atoms with Crippen molar-refractivity contribution in [1.29, 1.82) is 0 Å². The first-order chi connectivity index (χ1) is 19.8. The van der Waals surface area contributed by atoms with Crippen molar-refractivity contribution in [1.82, 2.24) is 4.90 Å². The molecule has 0 radical (unpaired) electrons. The molecule has 210 valence electrons. The first-order valence-electron chi connectivity index (χ1n) is 14.1. The first kappa shape index (κ1) is 27.4. The molecule has 1 saturated heterocycles. The Kier molecular flexibility index (Phi) is 7.28. The lowest BCUT2D eigenvalue weighted by Crippen LogP contribution is -2.47. The Hall–Kier alpha value is -3.78. The van der Waals surface area contributed by atoms with E-state index >= 15 is 0 Å². The van der Waals surface area contributed by atoms with Gasteiger partial charge in [0.1, 0.15) is 6.04 Å². The predicted molar refractivity (Wildman–Crippen MR) is 157 cm³/mol. The van der Waals surface area contributed by atoms with Crippen molar-refractivity contribution in [3.63, 3.8) is 0 Å². The molecule has 3 atom stereocenters. The molecule has 7 rings (SSSR count). The quantitative estimate of drug-likeness (QED) is 0.260. The SMILES string of the molecule is CCCC[C@H](C(=O)OCC(=O)Nc1ccc(Br)c(C)c1)N1C(=O)[C@@H]2C3c4ccccc4C(c4ccccc43)[C@H]2C1=O. The van der Waals surface area contributed by atoms with Crippen LogP contribution >= 0.6 is 15.9 Å². The lowest BCUT2D eigenvalue weighted by molar-refractivity contribution is -0.160. The number of unbranched alkanes of at least 4 members (excludes halogenated alkanes) is 1. The standard InChI is InChI=1S/C33H31BrN2O5/c1-3-4-13-25(33(40)41-17-26(37)35-19-14-15-24(34)18(2)16-19)36-31(38)29-27-20-9-5-6-10-21(20)28(30(29)32(36)39)23-12-8-7-11-22(23)27/h5-12,14-16,25,27-30H,3-4,13,17H2,1-2H3,(H,35,37)/t25-,27?,28?,29-,30-/m1/s1. The van der Waals surface area contributed by atoms with E-state index in [9.17, 15) is 19.2 Å². The van der Waals surface area contributed by atoms with Gasteiger partial charge in [0.25, 0.3) is 5.91 Å². The molecule has 1 N–H and O–H groups in total. The third-order valence-electron chi connectivity index (χ3n) is 8.68. The molecule has 0 aromatic heterocycles. The van der Waals surface area contributed by atoms with E-state index in [2.05, 4.69) is 21.2 Å². The van der Waals surface area contributed by atoms with Crippen LogP contribution in [0, 0.1) is 18.8 Å². The van der Waals surface area contributed by atoms with Gasteiger partial charge in [0.2, 0.25) is 11.8 Å².